The second kappa shape index (κ2) is 8.25. The predicted molar refractivity (Wildman–Crippen MR) is 90.7 cm³/mol. The van der Waals surface area contributed by atoms with Gasteiger partial charge < -0.3 is 4.90 Å². The van der Waals surface area contributed by atoms with E-state index in [1.165, 1.54) is 11.1 Å². The topological polar surface area (TPSA) is 20.3 Å². The van der Waals surface area contributed by atoms with Gasteiger partial charge in [-0.3, -0.25) is 4.79 Å². The molecule has 0 radical (unpaired) electrons. The molecule has 2 nitrogen and oxygen atoms in total. The Morgan fingerprint density at radius 2 is 1.81 bits per heavy atom. The SMILES string of the molecule is C=CC1=C(\C=C)N(C(C)=O)CC2=CCCC=C2/C=C\1.CC. The Morgan fingerprint density at radius 1 is 1.14 bits per heavy atom. The van der Waals surface area contributed by atoms with Crippen LogP contribution in [0.3, 0.4) is 0 Å². The lowest BCUT2D eigenvalue weighted by molar-refractivity contribution is -0.126. The van der Waals surface area contributed by atoms with Gasteiger partial charge in [0, 0.05) is 6.92 Å². The minimum absolute atomic E-state index is 0.0235. The molecular weight excluding hydrogens is 258 g/mol. The van der Waals surface area contributed by atoms with E-state index < -0.39 is 0 Å². The van der Waals surface area contributed by atoms with E-state index in [4.69, 9.17) is 0 Å². The van der Waals surface area contributed by atoms with Crippen molar-refractivity contribution in [3.8, 4) is 0 Å². The average molecular weight is 283 g/mol. The number of fused-ring (bicyclic) bond motifs is 1. The van der Waals surface area contributed by atoms with Crippen LogP contribution in [0.25, 0.3) is 0 Å². The maximum atomic E-state index is 11.9. The van der Waals surface area contributed by atoms with Gasteiger partial charge in [0.25, 0.3) is 0 Å². The van der Waals surface area contributed by atoms with E-state index in [1.54, 1.807) is 24.0 Å². The monoisotopic (exact) mass is 283 g/mol. The fourth-order valence-corrected chi connectivity index (χ4v) is 2.43. The molecule has 0 unspecified atom stereocenters. The molecule has 0 bridgehead atoms. The van der Waals surface area contributed by atoms with Crippen LogP contribution in [0.15, 0.2) is 72.0 Å². The number of allylic oxidation sites excluding steroid dienone is 7. The second-order valence-electron chi connectivity index (χ2n) is 4.65. The maximum Gasteiger partial charge on any atom is 0.224 e. The van der Waals surface area contributed by atoms with Gasteiger partial charge >= 0.3 is 0 Å². The standard InChI is InChI=1S/C17H19NO.C2H6/c1-4-14-10-11-15-8-6-7-9-16(15)12-18(13(3)19)17(14)5-2;1-2/h4-5,8-11H,1-2,6-7,12H2,3H3;1-2H3/b11-10-,17-14-;. The third-order valence-corrected chi connectivity index (χ3v) is 3.44. The van der Waals surface area contributed by atoms with Gasteiger partial charge in [0.1, 0.15) is 0 Å². The van der Waals surface area contributed by atoms with Gasteiger partial charge in [-0.2, -0.15) is 0 Å². The zero-order chi connectivity index (χ0) is 15.8. The van der Waals surface area contributed by atoms with E-state index >= 15 is 0 Å². The third-order valence-electron chi connectivity index (χ3n) is 3.44. The lowest BCUT2D eigenvalue weighted by Crippen LogP contribution is -2.31. The van der Waals surface area contributed by atoms with Crippen LogP contribution in [0.1, 0.15) is 33.6 Å². The van der Waals surface area contributed by atoms with Crippen molar-refractivity contribution in [2.45, 2.75) is 33.6 Å². The molecule has 0 atom stereocenters. The molecule has 21 heavy (non-hydrogen) atoms. The van der Waals surface area contributed by atoms with Crippen LogP contribution in [0, 0.1) is 0 Å². The molecule has 2 rings (SSSR count). The van der Waals surface area contributed by atoms with Crippen LogP contribution in [-0.4, -0.2) is 17.4 Å². The fraction of sp³-hybridized carbons (Fsp3) is 0.316. The molecule has 0 N–H and O–H groups in total. The molecule has 0 aromatic carbocycles. The fourth-order valence-electron chi connectivity index (χ4n) is 2.43. The van der Waals surface area contributed by atoms with Gasteiger partial charge in [-0.15, -0.1) is 0 Å². The van der Waals surface area contributed by atoms with E-state index in [2.05, 4.69) is 31.4 Å². The summed E-state index contributed by atoms with van der Waals surface area (Å²) >= 11 is 0. The summed E-state index contributed by atoms with van der Waals surface area (Å²) in [6, 6.07) is 0. The van der Waals surface area contributed by atoms with Gasteiger partial charge in [0.15, 0.2) is 0 Å². The van der Waals surface area contributed by atoms with Crippen molar-refractivity contribution in [1.29, 1.82) is 0 Å². The van der Waals surface area contributed by atoms with Crippen LogP contribution < -0.4 is 0 Å². The lowest BCUT2D eigenvalue weighted by Gasteiger charge is -2.28. The quantitative estimate of drug-likeness (QED) is 0.719. The summed E-state index contributed by atoms with van der Waals surface area (Å²) in [5.74, 6) is 0.0235. The number of rotatable bonds is 2. The number of carbonyl (C=O) groups is 1. The third kappa shape index (κ3) is 3.94. The van der Waals surface area contributed by atoms with Crippen LogP contribution in [-0.2, 0) is 4.79 Å². The molecule has 1 aliphatic carbocycles. The highest BCUT2D eigenvalue weighted by atomic mass is 16.2. The molecule has 0 aromatic rings. The molecule has 0 saturated carbocycles. The Hall–Kier alpha value is -2.09. The minimum atomic E-state index is 0.0235. The van der Waals surface area contributed by atoms with Crippen molar-refractivity contribution in [1.82, 2.24) is 4.90 Å². The first-order valence-electron chi connectivity index (χ1n) is 7.52. The molecule has 0 spiro atoms. The zero-order valence-corrected chi connectivity index (χ0v) is 13.4. The molecule has 1 aliphatic heterocycles. The van der Waals surface area contributed by atoms with Crippen molar-refractivity contribution in [2.75, 3.05) is 6.54 Å². The molecule has 2 heteroatoms. The Morgan fingerprint density at radius 3 is 2.38 bits per heavy atom. The van der Waals surface area contributed by atoms with E-state index in [9.17, 15) is 4.79 Å². The predicted octanol–water partition coefficient (Wildman–Crippen LogP) is 4.70. The van der Waals surface area contributed by atoms with Crippen molar-refractivity contribution in [2.24, 2.45) is 0 Å². The summed E-state index contributed by atoms with van der Waals surface area (Å²) in [6.07, 6.45) is 14.1. The van der Waals surface area contributed by atoms with Crippen molar-refractivity contribution in [3.63, 3.8) is 0 Å². The van der Waals surface area contributed by atoms with Gasteiger partial charge in [-0.05, 0) is 35.6 Å². The Labute approximate surface area is 128 Å². The summed E-state index contributed by atoms with van der Waals surface area (Å²) in [5.41, 5.74) is 4.17. The lowest BCUT2D eigenvalue weighted by atomic mass is 9.94. The Balaban J connectivity index is 0.00000106. The van der Waals surface area contributed by atoms with Crippen molar-refractivity contribution in [3.05, 3.63) is 72.0 Å². The highest BCUT2D eigenvalue weighted by molar-refractivity contribution is 5.77. The molecular formula is C19H25NO. The molecule has 1 heterocycles. The molecule has 0 saturated heterocycles. The number of carbonyl (C=O) groups excluding carboxylic acids is 1. The minimum Gasteiger partial charge on any atom is -0.308 e. The van der Waals surface area contributed by atoms with Gasteiger partial charge in [-0.25, -0.2) is 0 Å². The van der Waals surface area contributed by atoms with Gasteiger partial charge in [0.05, 0.1) is 12.2 Å². The van der Waals surface area contributed by atoms with Gasteiger partial charge in [0.2, 0.25) is 5.91 Å². The van der Waals surface area contributed by atoms with Crippen LogP contribution in [0.2, 0.25) is 0 Å². The van der Waals surface area contributed by atoms with Crippen molar-refractivity contribution < 1.29 is 4.79 Å². The van der Waals surface area contributed by atoms with Crippen LogP contribution in [0.4, 0.5) is 0 Å². The smallest absolute Gasteiger partial charge is 0.224 e. The number of nitrogens with zero attached hydrogens (tertiary/aromatic N) is 1. The van der Waals surface area contributed by atoms with Gasteiger partial charge in [-0.1, -0.05) is 57.4 Å². The van der Waals surface area contributed by atoms with E-state index in [-0.39, 0.29) is 5.91 Å². The average Bonchev–Trinajstić information content (AvgIpc) is 2.50. The largest absolute Gasteiger partial charge is 0.308 e. The van der Waals surface area contributed by atoms with E-state index in [0.717, 1.165) is 24.1 Å². The molecule has 112 valence electrons. The Bertz CT molecular complexity index is 544. The first-order chi connectivity index (χ1) is 10.2. The number of amides is 1. The highest BCUT2D eigenvalue weighted by Gasteiger charge is 2.20. The summed E-state index contributed by atoms with van der Waals surface area (Å²) < 4.78 is 0. The van der Waals surface area contributed by atoms with E-state index in [0.29, 0.717) is 6.54 Å². The Kier molecular flexibility index (Phi) is 6.67. The number of hydrogen-bond acceptors (Lipinski definition) is 1. The first kappa shape index (κ1) is 17.0. The highest BCUT2D eigenvalue weighted by Crippen LogP contribution is 2.27. The summed E-state index contributed by atoms with van der Waals surface area (Å²) in [5, 5.41) is 0. The summed E-state index contributed by atoms with van der Waals surface area (Å²) in [7, 11) is 0. The molecule has 1 amide bonds. The normalized spacial score (nSPS) is 22.3. The maximum absolute atomic E-state index is 11.9. The summed E-state index contributed by atoms with van der Waals surface area (Å²) in [6.45, 7) is 13.8. The van der Waals surface area contributed by atoms with Crippen molar-refractivity contribution >= 4 is 5.91 Å². The van der Waals surface area contributed by atoms with Crippen LogP contribution in [0.5, 0.6) is 0 Å². The molecule has 0 fully saturated rings. The molecule has 0 aromatic heterocycles. The zero-order valence-electron chi connectivity index (χ0n) is 13.4. The van der Waals surface area contributed by atoms with E-state index in [1.807, 2.05) is 19.9 Å². The summed E-state index contributed by atoms with van der Waals surface area (Å²) in [4.78, 5) is 13.7. The first-order valence-corrected chi connectivity index (χ1v) is 7.52. The second-order valence-corrected chi connectivity index (χ2v) is 4.65. The van der Waals surface area contributed by atoms with Crippen LogP contribution >= 0.6 is 0 Å². The molecule has 2 aliphatic rings. The number of hydrogen-bond donors (Lipinski definition) is 0.